The number of thiophene rings is 1. The Hall–Kier alpha value is -1.62. The molecule has 0 bridgehead atoms. The summed E-state index contributed by atoms with van der Waals surface area (Å²) in [4.78, 5) is 20.0. The molecule has 0 spiro atoms. The molecule has 1 atom stereocenters. The zero-order chi connectivity index (χ0) is 13.7. The molecule has 2 heterocycles. The van der Waals surface area contributed by atoms with Crippen molar-refractivity contribution in [3.63, 3.8) is 0 Å². The minimum atomic E-state index is -0.101. The summed E-state index contributed by atoms with van der Waals surface area (Å²) in [6.07, 6.45) is 2.83. The maximum absolute atomic E-state index is 11.6. The van der Waals surface area contributed by atoms with Crippen molar-refractivity contribution in [2.24, 2.45) is 0 Å². The number of nitrogens with zero attached hydrogens (tertiary/aromatic N) is 1. The first-order valence-electron chi connectivity index (χ1n) is 6.63. The summed E-state index contributed by atoms with van der Waals surface area (Å²) in [5, 5.41) is 5.45. The Morgan fingerprint density at radius 3 is 2.95 bits per heavy atom. The van der Waals surface area contributed by atoms with Gasteiger partial charge in [-0.25, -0.2) is 4.98 Å². The van der Waals surface area contributed by atoms with E-state index in [4.69, 9.17) is 0 Å². The van der Waals surface area contributed by atoms with Gasteiger partial charge in [-0.1, -0.05) is 26.3 Å². The Labute approximate surface area is 116 Å². The van der Waals surface area contributed by atoms with Gasteiger partial charge in [-0.15, -0.1) is 11.3 Å². The Morgan fingerprint density at radius 1 is 1.47 bits per heavy atom. The minimum absolute atomic E-state index is 0.101. The van der Waals surface area contributed by atoms with Crippen LogP contribution >= 0.6 is 11.3 Å². The Morgan fingerprint density at radius 2 is 2.32 bits per heavy atom. The maximum Gasteiger partial charge on any atom is 0.252 e. The highest BCUT2D eigenvalue weighted by Crippen LogP contribution is 2.26. The molecule has 5 heteroatoms. The van der Waals surface area contributed by atoms with E-state index in [1.165, 1.54) is 10.9 Å². The lowest BCUT2D eigenvalue weighted by atomic mass is 10.1. The third kappa shape index (κ3) is 3.67. The number of anilines is 1. The Kier molecular flexibility index (Phi) is 4.74. The van der Waals surface area contributed by atoms with E-state index in [1.807, 2.05) is 13.0 Å². The van der Waals surface area contributed by atoms with Crippen LogP contribution in [-0.2, 0) is 6.42 Å². The first-order chi connectivity index (χ1) is 9.22. The molecule has 0 amide bonds. The van der Waals surface area contributed by atoms with Gasteiger partial charge in [-0.2, -0.15) is 0 Å². The summed E-state index contributed by atoms with van der Waals surface area (Å²) in [5.41, 5.74) is -0.101. The normalized spacial score (nSPS) is 12.3. The number of nitrogens with one attached hydrogen (secondary N) is 2. The van der Waals surface area contributed by atoms with Gasteiger partial charge in [-0.3, -0.25) is 4.79 Å². The maximum atomic E-state index is 11.6. The molecule has 2 N–H and O–H groups in total. The first-order valence-corrected chi connectivity index (χ1v) is 7.51. The van der Waals surface area contributed by atoms with Crippen LogP contribution in [0.4, 0.5) is 5.82 Å². The van der Waals surface area contributed by atoms with E-state index in [-0.39, 0.29) is 11.6 Å². The fraction of sp³-hybridized carbons (Fsp3) is 0.429. The molecule has 0 radical (unpaired) electrons. The summed E-state index contributed by atoms with van der Waals surface area (Å²) >= 11 is 1.73. The zero-order valence-corrected chi connectivity index (χ0v) is 12.1. The molecule has 0 aliphatic heterocycles. The average Bonchev–Trinajstić information content (AvgIpc) is 2.91. The van der Waals surface area contributed by atoms with Crippen LogP contribution in [0.5, 0.6) is 0 Å². The highest BCUT2D eigenvalue weighted by atomic mass is 32.1. The number of hydrogen-bond acceptors (Lipinski definition) is 4. The average molecular weight is 277 g/mol. The smallest absolute Gasteiger partial charge is 0.252 e. The molecule has 2 rings (SSSR count). The Balaban J connectivity index is 2.21. The van der Waals surface area contributed by atoms with Crippen LogP contribution in [0.25, 0.3) is 0 Å². The third-order valence-corrected chi connectivity index (χ3v) is 3.90. The van der Waals surface area contributed by atoms with Gasteiger partial charge < -0.3 is 10.3 Å². The van der Waals surface area contributed by atoms with Crippen molar-refractivity contribution in [2.45, 2.75) is 39.2 Å². The summed E-state index contributed by atoms with van der Waals surface area (Å²) in [5.74, 6) is 1.38. The third-order valence-electron chi connectivity index (χ3n) is 2.91. The van der Waals surface area contributed by atoms with E-state index in [2.05, 4.69) is 33.7 Å². The summed E-state index contributed by atoms with van der Waals surface area (Å²) in [7, 11) is 0. The minimum Gasteiger partial charge on any atom is -0.362 e. The standard InChI is InChI=1S/C14H19N3OS/c1-3-6-10(11-7-5-8-19-11)15-13-9-14(18)17-12(4-2)16-13/h5,7-10H,3-4,6H2,1-2H3,(H2,15,16,17,18). The van der Waals surface area contributed by atoms with Crippen LogP contribution in [0.15, 0.2) is 28.4 Å². The molecule has 1 unspecified atom stereocenters. The molecule has 0 aromatic carbocycles. The highest BCUT2D eigenvalue weighted by Gasteiger charge is 2.12. The van der Waals surface area contributed by atoms with Crippen LogP contribution in [0.2, 0.25) is 0 Å². The van der Waals surface area contributed by atoms with Crippen molar-refractivity contribution in [3.05, 3.63) is 44.6 Å². The zero-order valence-electron chi connectivity index (χ0n) is 11.3. The number of hydrogen-bond donors (Lipinski definition) is 2. The molecule has 4 nitrogen and oxygen atoms in total. The van der Waals surface area contributed by atoms with Crippen LogP contribution in [-0.4, -0.2) is 9.97 Å². The van der Waals surface area contributed by atoms with Gasteiger partial charge >= 0.3 is 0 Å². The van der Waals surface area contributed by atoms with Gasteiger partial charge in [0.25, 0.3) is 5.56 Å². The number of aryl methyl sites for hydroxylation is 1. The second-order valence-electron chi connectivity index (χ2n) is 4.43. The molecule has 102 valence electrons. The van der Waals surface area contributed by atoms with Crippen molar-refractivity contribution in [2.75, 3.05) is 5.32 Å². The molecule has 2 aromatic rings. The van der Waals surface area contributed by atoms with Crippen LogP contribution in [0.1, 0.15) is 43.4 Å². The highest BCUT2D eigenvalue weighted by molar-refractivity contribution is 7.10. The lowest BCUT2D eigenvalue weighted by Crippen LogP contribution is -2.16. The predicted octanol–water partition coefficient (Wildman–Crippen LogP) is 3.35. The predicted molar refractivity (Wildman–Crippen MR) is 79.8 cm³/mol. The fourth-order valence-electron chi connectivity index (χ4n) is 1.99. The molecular weight excluding hydrogens is 258 g/mol. The molecule has 0 aliphatic carbocycles. The summed E-state index contributed by atoms with van der Waals surface area (Å²) in [6, 6.07) is 5.91. The van der Waals surface area contributed by atoms with Gasteiger partial charge in [0.2, 0.25) is 0 Å². The molecule has 19 heavy (non-hydrogen) atoms. The number of aromatic nitrogens is 2. The van der Waals surface area contributed by atoms with Crippen molar-refractivity contribution in [1.82, 2.24) is 9.97 Å². The van der Waals surface area contributed by atoms with E-state index < -0.39 is 0 Å². The second kappa shape index (κ2) is 6.52. The van der Waals surface area contributed by atoms with Crippen molar-refractivity contribution in [3.8, 4) is 0 Å². The quantitative estimate of drug-likeness (QED) is 0.851. The van der Waals surface area contributed by atoms with Crippen molar-refractivity contribution in [1.29, 1.82) is 0 Å². The second-order valence-corrected chi connectivity index (χ2v) is 5.41. The molecule has 2 aromatic heterocycles. The molecular formula is C14H19N3OS. The topological polar surface area (TPSA) is 57.8 Å². The summed E-state index contributed by atoms with van der Waals surface area (Å²) in [6.45, 7) is 4.13. The van der Waals surface area contributed by atoms with E-state index in [1.54, 1.807) is 11.3 Å². The monoisotopic (exact) mass is 277 g/mol. The van der Waals surface area contributed by atoms with Gasteiger partial charge in [0.05, 0.1) is 6.04 Å². The van der Waals surface area contributed by atoms with Crippen LogP contribution in [0, 0.1) is 0 Å². The number of rotatable bonds is 6. The first kappa shape index (κ1) is 13.8. The lowest BCUT2D eigenvalue weighted by molar-refractivity contribution is 0.682. The fourth-order valence-corrected chi connectivity index (χ4v) is 2.80. The van der Waals surface area contributed by atoms with Crippen LogP contribution in [0.3, 0.4) is 0 Å². The van der Waals surface area contributed by atoms with E-state index in [0.29, 0.717) is 5.82 Å². The largest absolute Gasteiger partial charge is 0.362 e. The van der Waals surface area contributed by atoms with Gasteiger partial charge in [0, 0.05) is 17.4 Å². The number of H-pyrrole nitrogens is 1. The molecule has 0 saturated heterocycles. The SMILES string of the molecule is CCCC(Nc1cc(=O)[nH]c(CC)n1)c1cccs1. The summed E-state index contributed by atoms with van der Waals surface area (Å²) < 4.78 is 0. The van der Waals surface area contributed by atoms with Crippen LogP contribution < -0.4 is 10.9 Å². The van der Waals surface area contributed by atoms with E-state index >= 15 is 0 Å². The molecule has 0 saturated carbocycles. The van der Waals surface area contributed by atoms with Crippen molar-refractivity contribution >= 4 is 17.2 Å². The van der Waals surface area contributed by atoms with Crippen molar-refractivity contribution < 1.29 is 0 Å². The van der Waals surface area contributed by atoms with E-state index in [9.17, 15) is 4.79 Å². The van der Waals surface area contributed by atoms with Gasteiger partial charge in [0.1, 0.15) is 11.6 Å². The van der Waals surface area contributed by atoms with E-state index in [0.717, 1.165) is 25.1 Å². The Bertz CT molecular complexity index is 562. The van der Waals surface area contributed by atoms with Gasteiger partial charge in [0.15, 0.2) is 0 Å². The molecule has 0 aliphatic rings. The molecule has 0 fully saturated rings. The van der Waals surface area contributed by atoms with Gasteiger partial charge in [-0.05, 0) is 17.9 Å². The number of aromatic amines is 1. The lowest BCUT2D eigenvalue weighted by Gasteiger charge is -2.17.